The molecule has 1 aliphatic heterocycles. The van der Waals surface area contributed by atoms with E-state index >= 15 is 0 Å². The van der Waals surface area contributed by atoms with E-state index < -0.39 is 0 Å². The molecule has 0 bridgehead atoms. The molecule has 2 aromatic heterocycles. The number of likely N-dealkylation sites (tertiary alicyclic amines) is 1. The monoisotopic (exact) mass is 316 g/mol. The van der Waals surface area contributed by atoms with E-state index in [1.165, 1.54) is 0 Å². The minimum Gasteiger partial charge on any atom is -0.361 e. The number of aromatic nitrogens is 3. The number of nitrogens with zero attached hydrogens (tertiary/aromatic N) is 4. The van der Waals surface area contributed by atoms with Crippen LogP contribution in [0.3, 0.4) is 0 Å². The van der Waals surface area contributed by atoms with E-state index in [2.05, 4.69) is 21.6 Å². The first kappa shape index (κ1) is 15.8. The smallest absolute Gasteiger partial charge is 0.276 e. The summed E-state index contributed by atoms with van der Waals surface area (Å²) in [6.45, 7) is 5.54. The number of carbonyl (C=O) groups is 1. The van der Waals surface area contributed by atoms with Crippen LogP contribution >= 0.6 is 0 Å². The van der Waals surface area contributed by atoms with Gasteiger partial charge in [0.15, 0.2) is 5.69 Å². The van der Waals surface area contributed by atoms with Crippen LogP contribution in [0.25, 0.3) is 0 Å². The first-order valence-electron chi connectivity index (χ1n) is 8.33. The second-order valence-electron chi connectivity index (χ2n) is 6.37. The van der Waals surface area contributed by atoms with Crippen molar-refractivity contribution in [1.29, 1.82) is 0 Å². The van der Waals surface area contributed by atoms with Gasteiger partial charge in [-0.3, -0.25) is 4.79 Å². The quantitative estimate of drug-likeness (QED) is 0.870. The van der Waals surface area contributed by atoms with Crippen LogP contribution in [-0.4, -0.2) is 38.6 Å². The highest BCUT2D eigenvalue weighted by atomic mass is 16.5. The summed E-state index contributed by atoms with van der Waals surface area (Å²) in [6.07, 6.45) is 5.88. The summed E-state index contributed by atoms with van der Waals surface area (Å²) in [4.78, 5) is 19.2. The molecule has 23 heavy (non-hydrogen) atoms. The lowest BCUT2D eigenvalue weighted by molar-refractivity contribution is 0.0693. The molecule has 1 aliphatic rings. The van der Waals surface area contributed by atoms with Gasteiger partial charge < -0.3 is 14.0 Å². The third kappa shape index (κ3) is 3.30. The van der Waals surface area contributed by atoms with E-state index in [-0.39, 0.29) is 11.8 Å². The van der Waals surface area contributed by atoms with Gasteiger partial charge in [-0.15, -0.1) is 0 Å². The second kappa shape index (κ2) is 6.56. The van der Waals surface area contributed by atoms with Crippen LogP contribution in [-0.2, 0) is 13.5 Å². The van der Waals surface area contributed by atoms with Crippen LogP contribution in [0.4, 0.5) is 0 Å². The zero-order chi connectivity index (χ0) is 16.4. The molecule has 0 aliphatic carbocycles. The standard InChI is InChI=1S/C17H24N4O2/c1-4-6-14-9-15(19-23-14)17(22)21-8-5-7-13(11-21)16-18-12(2)10-20(16)3/h9-10,13H,4-8,11H2,1-3H3/t13-/m0/s1. The van der Waals surface area contributed by atoms with Crippen molar-refractivity contribution in [2.24, 2.45) is 7.05 Å². The average molecular weight is 316 g/mol. The van der Waals surface area contributed by atoms with Crippen LogP contribution in [0.15, 0.2) is 16.8 Å². The van der Waals surface area contributed by atoms with Crippen LogP contribution in [0.1, 0.15) is 59.9 Å². The Hall–Kier alpha value is -2.11. The number of hydrogen-bond acceptors (Lipinski definition) is 4. The number of imidazole rings is 1. The number of rotatable bonds is 4. The maximum atomic E-state index is 12.7. The topological polar surface area (TPSA) is 64.2 Å². The molecular weight excluding hydrogens is 292 g/mol. The molecular formula is C17H24N4O2. The van der Waals surface area contributed by atoms with Gasteiger partial charge in [0, 0.05) is 44.7 Å². The Morgan fingerprint density at radius 3 is 3.00 bits per heavy atom. The van der Waals surface area contributed by atoms with Gasteiger partial charge in [-0.2, -0.15) is 0 Å². The van der Waals surface area contributed by atoms with Gasteiger partial charge in [0.1, 0.15) is 11.6 Å². The summed E-state index contributed by atoms with van der Waals surface area (Å²) in [5.74, 6) is 2.09. The van der Waals surface area contributed by atoms with Crippen molar-refractivity contribution in [3.8, 4) is 0 Å². The molecule has 1 saturated heterocycles. The molecule has 124 valence electrons. The van der Waals surface area contributed by atoms with Gasteiger partial charge in [-0.25, -0.2) is 4.98 Å². The molecule has 6 heteroatoms. The Balaban J connectivity index is 1.72. The second-order valence-corrected chi connectivity index (χ2v) is 6.37. The summed E-state index contributed by atoms with van der Waals surface area (Å²) in [5.41, 5.74) is 1.44. The highest BCUT2D eigenvalue weighted by molar-refractivity contribution is 5.92. The molecule has 0 saturated carbocycles. The summed E-state index contributed by atoms with van der Waals surface area (Å²) in [5, 5.41) is 3.94. The minimum atomic E-state index is -0.0354. The Morgan fingerprint density at radius 2 is 2.30 bits per heavy atom. The molecule has 0 radical (unpaired) electrons. The lowest BCUT2D eigenvalue weighted by Crippen LogP contribution is -2.39. The summed E-state index contributed by atoms with van der Waals surface area (Å²) >= 11 is 0. The summed E-state index contributed by atoms with van der Waals surface area (Å²) in [6, 6.07) is 1.78. The largest absolute Gasteiger partial charge is 0.361 e. The lowest BCUT2D eigenvalue weighted by atomic mass is 9.97. The number of carbonyl (C=O) groups excluding carboxylic acids is 1. The molecule has 3 heterocycles. The fourth-order valence-corrected chi connectivity index (χ4v) is 3.33. The number of amides is 1. The van der Waals surface area contributed by atoms with E-state index in [0.717, 1.165) is 49.5 Å². The number of aryl methyl sites for hydroxylation is 3. The summed E-state index contributed by atoms with van der Waals surface area (Å²) in [7, 11) is 2.02. The molecule has 6 nitrogen and oxygen atoms in total. The molecule has 0 N–H and O–H groups in total. The van der Waals surface area contributed by atoms with E-state index in [1.807, 2.05) is 25.1 Å². The van der Waals surface area contributed by atoms with E-state index in [1.54, 1.807) is 6.07 Å². The number of hydrogen-bond donors (Lipinski definition) is 0. The Labute approximate surface area is 136 Å². The third-order valence-corrected chi connectivity index (χ3v) is 4.38. The van der Waals surface area contributed by atoms with E-state index in [4.69, 9.17) is 4.52 Å². The molecule has 1 fully saturated rings. The van der Waals surface area contributed by atoms with E-state index in [0.29, 0.717) is 12.2 Å². The van der Waals surface area contributed by atoms with Crippen molar-refractivity contribution in [2.75, 3.05) is 13.1 Å². The molecule has 0 aromatic carbocycles. The molecule has 1 atom stereocenters. The zero-order valence-electron chi connectivity index (χ0n) is 14.1. The molecule has 0 unspecified atom stereocenters. The van der Waals surface area contributed by atoms with E-state index in [9.17, 15) is 4.79 Å². The van der Waals surface area contributed by atoms with Crippen molar-refractivity contribution >= 4 is 5.91 Å². The fraction of sp³-hybridized carbons (Fsp3) is 0.588. The van der Waals surface area contributed by atoms with Gasteiger partial charge in [-0.05, 0) is 26.2 Å². The summed E-state index contributed by atoms with van der Waals surface area (Å²) < 4.78 is 7.31. The SMILES string of the molecule is CCCc1cc(C(=O)N2CCC[C@H](c3nc(C)cn3C)C2)no1. The Morgan fingerprint density at radius 1 is 1.48 bits per heavy atom. The maximum Gasteiger partial charge on any atom is 0.276 e. The van der Waals surface area contributed by atoms with Gasteiger partial charge in [-0.1, -0.05) is 12.1 Å². The zero-order valence-corrected chi connectivity index (χ0v) is 14.1. The van der Waals surface area contributed by atoms with Crippen LogP contribution < -0.4 is 0 Å². The Bertz CT molecular complexity index is 689. The van der Waals surface area contributed by atoms with Crippen molar-refractivity contribution in [2.45, 2.75) is 45.4 Å². The first-order chi connectivity index (χ1) is 11.1. The van der Waals surface area contributed by atoms with Gasteiger partial charge >= 0.3 is 0 Å². The molecule has 1 amide bonds. The van der Waals surface area contributed by atoms with Crippen LogP contribution in [0, 0.1) is 6.92 Å². The maximum absolute atomic E-state index is 12.7. The van der Waals surface area contributed by atoms with Gasteiger partial charge in [0.2, 0.25) is 0 Å². The number of piperidine rings is 1. The molecule has 0 spiro atoms. The van der Waals surface area contributed by atoms with Crippen molar-refractivity contribution in [1.82, 2.24) is 19.6 Å². The predicted octanol–water partition coefficient (Wildman–Crippen LogP) is 2.69. The van der Waals surface area contributed by atoms with Gasteiger partial charge in [0.05, 0.1) is 5.69 Å². The molecule has 2 aromatic rings. The van der Waals surface area contributed by atoms with Crippen LogP contribution in [0.2, 0.25) is 0 Å². The molecule has 3 rings (SSSR count). The normalized spacial score (nSPS) is 18.4. The van der Waals surface area contributed by atoms with Gasteiger partial charge in [0.25, 0.3) is 5.91 Å². The highest BCUT2D eigenvalue weighted by Crippen LogP contribution is 2.27. The van der Waals surface area contributed by atoms with Crippen molar-refractivity contribution in [3.05, 3.63) is 35.2 Å². The minimum absolute atomic E-state index is 0.0354. The van der Waals surface area contributed by atoms with Crippen molar-refractivity contribution in [3.63, 3.8) is 0 Å². The Kier molecular flexibility index (Phi) is 4.50. The van der Waals surface area contributed by atoms with Crippen molar-refractivity contribution < 1.29 is 9.32 Å². The lowest BCUT2D eigenvalue weighted by Gasteiger charge is -2.31. The average Bonchev–Trinajstić information content (AvgIpc) is 3.13. The fourth-order valence-electron chi connectivity index (χ4n) is 3.33. The van der Waals surface area contributed by atoms with Crippen LogP contribution in [0.5, 0.6) is 0 Å². The highest BCUT2D eigenvalue weighted by Gasteiger charge is 2.29. The third-order valence-electron chi connectivity index (χ3n) is 4.38. The first-order valence-corrected chi connectivity index (χ1v) is 8.33. The predicted molar refractivity (Wildman–Crippen MR) is 86.3 cm³/mol.